The van der Waals surface area contributed by atoms with E-state index in [9.17, 15) is 0 Å². The Labute approximate surface area is 174 Å². The molecule has 1 saturated carbocycles. The van der Waals surface area contributed by atoms with E-state index >= 15 is 0 Å². The lowest BCUT2D eigenvalue weighted by molar-refractivity contribution is 0.644. The molecule has 1 aliphatic carbocycles. The van der Waals surface area contributed by atoms with E-state index in [-0.39, 0.29) is 29.4 Å². The molecule has 6 nitrogen and oxygen atoms in total. The molecule has 0 unspecified atom stereocenters. The third kappa shape index (κ3) is 5.16. The average Bonchev–Trinajstić information content (AvgIpc) is 3.26. The van der Waals surface area contributed by atoms with Crippen molar-refractivity contribution in [2.24, 2.45) is 12.0 Å². The first-order valence-corrected chi connectivity index (χ1v) is 9.03. The van der Waals surface area contributed by atoms with Crippen molar-refractivity contribution in [2.45, 2.75) is 31.7 Å². The summed E-state index contributed by atoms with van der Waals surface area (Å²) >= 11 is 3.57. The van der Waals surface area contributed by atoms with Crippen LogP contribution < -0.4 is 10.6 Å². The minimum Gasteiger partial charge on any atom is -0.357 e. The Morgan fingerprint density at radius 1 is 1.36 bits per heavy atom. The number of hydrogen-bond donors (Lipinski definition) is 2. The summed E-state index contributed by atoms with van der Waals surface area (Å²) in [5.74, 6) is 1.67. The van der Waals surface area contributed by atoms with Gasteiger partial charge in [0.15, 0.2) is 11.8 Å². The zero-order valence-electron chi connectivity index (χ0n) is 14.5. The fourth-order valence-corrected chi connectivity index (χ4v) is 3.13. The Morgan fingerprint density at radius 2 is 2.16 bits per heavy atom. The molecule has 0 spiro atoms. The largest absolute Gasteiger partial charge is 0.357 e. The van der Waals surface area contributed by atoms with Crippen molar-refractivity contribution in [2.75, 3.05) is 13.1 Å². The molecule has 0 aliphatic heterocycles. The van der Waals surface area contributed by atoms with Gasteiger partial charge >= 0.3 is 0 Å². The van der Waals surface area contributed by atoms with Crippen LogP contribution in [-0.4, -0.2) is 33.8 Å². The number of halogens is 2. The fourth-order valence-electron chi connectivity index (χ4n) is 2.73. The molecule has 2 N–H and O–H groups in total. The van der Waals surface area contributed by atoms with Crippen molar-refractivity contribution in [1.29, 1.82) is 0 Å². The number of benzene rings is 1. The normalized spacial score (nSPS) is 15.4. The Kier molecular flexibility index (Phi) is 7.24. The summed E-state index contributed by atoms with van der Waals surface area (Å²) in [6, 6.07) is 8.60. The molecule has 0 saturated heterocycles. The van der Waals surface area contributed by atoms with Crippen molar-refractivity contribution >= 4 is 45.9 Å². The van der Waals surface area contributed by atoms with Crippen LogP contribution in [0.4, 0.5) is 0 Å². The van der Waals surface area contributed by atoms with Crippen LogP contribution in [0.15, 0.2) is 40.1 Å². The van der Waals surface area contributed by atoms with Crippen LogP contribution in [-0.2, 0) is 19.0 Å². The smallest absolute Gasteiger partial charge is 0.191 e. The standard InChI is InChI=1S/C17H23BrN6.HI/c1-3-19-16(20-10-15-23-22-12-24(15)2)21-11-17(7-8-17)13-5-4-6-14(18)9-13;/h4-6,9,12H,3,7-8,10-11H2,1-2H3,(H2,19,20,21);1H. The Morgan fingerprint density at radius 3 is 2.76 bits per heavy atom. The Balaban J connectivity index is 0.00000225. The van der Waals surface area contributed by atoms with Gasteiger partial charge in [-0.25, -0.2) is 4.99 Å². The molecule has 25 heavy (non-hydrogen) atoms. The van der Waals surface area contributed by atoms with Gasteiger partial charge in [-0.3, -0.25) is 0 Å². The lowest BCUT2D eigenvalue weighted by atomic mass is 9.96. The second-order valence-electron chi connectivity index (χ2n) is 6.20. The number of guanidine groups is 1. The van der Waals surface area contributed by atoms with Crippen LogP contribution in [0.5, 0.6) is 0 Å². The topological polar surface area (TPSA) is 67.1 Å². The molecule has 1 heterocycles. The van der Waals surface area contributed by atoms with Crippen molar-refractivity contribution < 1.29 is 0 Å². The van der Waals surface area contributed by atoms with Crippen molar-refractivity contribution in [3.63, 3.8) is 0 Å². The first-order chi connectivity index (χ1) is 11.6. The van der Waals surface area contributed by atoms with Gasteiger partial charge in [-0.15, -0.1) is 34.2 Å². The maximum absolute atomic E-state index is 4.62. The molecular weight excluding hydrogens is 495 g/mol. The third-order valence-corrected chi connectivity index (χ3v) is 4.91. The monoisotopic (exact) mass is 518 g/mol. The highest BCUT2D eigenvalue weighted by Crippen LogP contribution is 2.48. The number of nitrogens with zero attached hydrogens (tertiary/aromatic N) is 4. The van der Waals surface area contributed by atoms with Crippen LogP contribution >= 0.6 is 39.9 Å². The lowest BCUT2D eigenvalue weighted by Crippen LogP contribution is -2.41. The Hall–Kier alpha value is -1.16. The number of aromatic nitrogens is 3. The van der Waals surface area contributed by atoms with Gasteiger partial charge in [0.1, 0.15) is 12.9 Å². The third-order valence-electron chi connectivity index (χ3n) is 4.41. The molecule has 8 heteroatoms. The van der Waals surface area contributed by atoms with Crippen molar-refractivity contribution in [1.82, 2.24) is 25.4 Å². The van der Waals surface area contributed by atoms with Crippen molar-refractivity contribution in [3.05, 3.63) is 46.5 Å². The van der Waals surface area contributed by atoms with E-state index in [1.807, 2.05) is 11.6 Å². The van der Waals surface area contributed by atoms with E-state index in [4.69, 9.17) is 0 Å². The zero-order chi connectivity index (χ0) is 17.0. The summed E-state index contributed by atoms with van der Waals surface area (Å²) in [6.45, 7) is 4.29. The second-order valence-corrected chi connectivity index (χ2v) is 7.11. The Bertz CT molecular complexity index is 725. The highest BCUT2D eigenvalue weighted by Gasteiger charge is 2.44. The molecular formula is C17H24BrIN6. The number of hydrogen-bond acceptors (Lipinski definition) is 3. The highest BCUT2D eigenvalue weighted by atomic mass is 127. The molecule has 0 amide bonds. The molecule has 2 aromatic rings. The molecule has 0 radical (unpaired) electrons. The second kappa shape index (κ2) is 8.98. The quantitative estimate of drug-likeness (QED) is 0.350. The first-order valence-electron chi connectivity index (χ1n) is 8.24. The van der Waals surface area contributed by atoms with E-state index in [0.717, 1.165) is 29.3 Å². The van der Waals surface area contributed by atoms with Crippen LogP contribution in [0, 0.1) is 0 Å². The minimum atomic E-state index is 0. The molecule has 1 fully saturated rings. The maximum atomic E-state index is 4.62. The minimum absolute atomic E-state index is 0. The SMILES string of the molecule is CCNC(=NCc1nncn1C)NCC1(c2cccc(Br)c2)CC1.I. The highest BCUT2D eigenvalue weighted by molar-refractivity contribution is 14.0. The molecule has 1 aliphatic rings. The van der Waals surface area contributed by atoms with Gasteiger partial charge < -0.3 is 15.2 Å². The summed E-state index contributed by atoms with van der Waals surface area (Å²) < 4.78 is 3.02. The van der Waals surface area contributed by atoms with Crippen molar-refractivity contribution in [3.8, 4) is 0 Å². The average molecular weight is 519 g/mol. The maximum Gasteiger partial charge on any atom is 0.191 e. The van der Waals surface area contributed by atoms with E-state index in [1.165, 1.54) is 18.4 Å². The van der Waals surface area contributed by atoms with Crippen LogP contribution in [0.25, 0.3) is 0 Å². The van der Waals surface area contributed by atoms with Crippen LogP contribution in [0.3, 0.4) is 0 Å². The number of aliphatic imine (C=N–C) groups is 1. The van der Waals surface area contributed by atoms with Crippen LogP contribution in [0.1, 0.15) is 31.2 Å². The molecule has 136 valence electrons. The molecule has 0 bridgehead atoms. The van der Waals surface area contributed by atoms with Gasteiger partial charge in [-0.1, -0.05) is 28.1 Å². The van der Waals surface area contributed by atoms with E-state index in [1.54, 1.807) is 6.33 Å². The number of nitrogens with one attached hydrogen (secondary N) is 2. The van der Waals surface area contributed by atoms with Gasteiger partial charge in [-0.05, 0) is 37.5 Å². The number of aryl methyl sites for hydroxylation is 1. The van der Waals surface area contributed by atoms with Gasteiger partial charge in [0.2, 0.25) is 0 Å². The van der Waals surface area contributed by atoms with Gasteiger partial charge in [0, 0.05) is 30.0 Å². The van der Waals surface area contributed by atoms with E-state index in [2.05, 4.69) is 72.9 Å². The van der Waals surface area contributed by atoms with E-state index < -0.39 is 0 Å². The number of rotatable bonds is 6. The molecule has 0 atom stereocenters. The predicted molar refractivity (Wildman–Crippen MR) is 114 cm³/mol. The lowest BCUT2D eigenvalue weighted by Gasteiger charge is -2.19. The predicted octanol–water partition coefficient (Wildman–Crippen LogP) is 2.98. The first kappa shape index (κ1) is 20.2. The van der Waals surface area contributed by atoms with Gasteiger partial charge in [0.05, 0.1) is 0 Å². The van der Waals surface area contributed by atoms with E-state index in [0.29, 0.717) is 6.54 Å². The van der Waals surface area contributed by atoms with Crippen LogP contribution in [0.2, 0.25) is 0 Å². The zero-order valence-corrected chi connectivity index (χ0v) is 18.4. The summed E-state index contributed by atoms with van der Waals surface area (Å²) in [6.07, 6.45) is 4.11. The van der Waals surface area contributed by atoms with Gasteiger partial charge in [-0.2, -0.15) is 0 Å². The summed E-state index contributed by atoms with van der Waals surface area (Å²) in [5.41, 5.74) is 1.61. The fraction of sp³-hybridized carbons (Fsp3) is 0.471. The van der Waals surface area contributed by atoms with Gasteiger partial charge in [0.25, 0.3) is 0 Å². The summed E-state index contributed by atoms with van der Waals surface area (Å²) in [5, 5.41) is 14.7. The molecule has 1 aromatic carbocycles. The molecule has 1 aromatic heterocycles. The summed E-state index contributed by atoms with van der Waals surface area (Å²) in [7, 11) is 1.93. The molecule has 3 rings (SSSR count). The summed E-state index contributed by atoms with van der Waals surface area (Å²) in [4.78, 5) is 4.62.